The molecule has 1 aromatic heterocycles. The lowest BCUT2D eigenvalue weighted by Crippen LogP contribution is -2.28. The summed E-state index contributed by atoms with van der Waals surface area (Å²) in [5.41, 5.74) is 3.01. The van der Waals surface area contributed by atoms with Gasteiger partial charge >= 0.3 is 0 Å². The van der Waals surface area contributed by atoms with Crippen LogP contribution in [0.5, 0.6) is 17.2 Å². The first-order chi connectivity index (χ1) is 16.1. The van der Waals surface area contributed by atoms with Crippen molar-refractivity contribution in [1.82, 2.24) is 5.01 Å². The molecule has 0 spiro atoms. The fourth-order valence-electron chi connectivity index (χ4n) is 3.74. The van der Waals surface area contributed by atoms with E-state index >= 15 is 0 Å². The summed E-state index contributed by atoms with van der Waals surface area (Å²) < 4.78 is 16.1. The summed E-state index contributed by atoms with van der Waals surface area (Å²) in [5.74, 6) is 3.15. The average Bonchev–Trinajstić information content (AvgIpc) is 3.54. The van der Waals surface area contributed by atoms with Gasteiger partial charge in [0.05, 0.1) is 43.7 Å². The maximum absolute atomic E-state index is 13.3. The van der Waals surface area contributed by atoms with Crippen molar-refractivity contribution in [3.63, 3.8) is 0 Å². The molecule has 0 saturated heterocycles. The van der Waals surface area contributed by atoms with Crippen LogP contribution in [-0.2, 0) is 10.5 Å². The first kappa shape index (κ1) is 23.2. The zero-order valence-electron chi connectivity index (χ0n) is 18.8. The van der Waals surface area contributed by atoms with Crippen molar-refractivity contribution in [1.29, 1.82) is 0 Å². The predicted octanol–water partition coefficient (Wildman–Crippen LogP) is 5.39. The van der Waals surface area contributed by atoms with E-state index in [0.717, 1.165) is 33.2 Å². The molecule has 2 heterocycles. The Labute approximate surface area is 202 Å². The summed E-state index contributed by atoms with van der Waals surface area (Å²) in [4.78, 5) is 14.3. The minimum Gasteiger partial charge on any atom is -0.497 e. The van der Waals surface area contributed by atoms with Crippen LogP contribution >= 0.6 is 23.1 Å². The first-order valence-electron chi connectivity index (χ1n) is 10.5. The topological polar surface area (TPSA) is 60.4 Å². The molecule has 4 rings (SSSR count). The zero-order chi connectivity index (χ0) is 23.2. The van der Waals surface area contributed by atoms with Gasteiger partial charge in [-0.05, 0) is 46.8 Å². The lowest BCUT2D eigenvalue weighted by atomic mass is 10.0. The Hall–Kier alpha value is -2.97. The van der Waals surface area contributed by atoms with E-state index < -0.39 is 0 Å². The van der Waals surface area contributed by atoms with E-state index in [2.05, 4.69) is 0 Å². The molecule has 1 unspecified atom stereocenters. The number of thiophene rings is 1. The first-order valence-corrected chi connectivity index (χ1v) is 12.5. The highest BCUT2D eigenvalue weighted by Gasteiger charge is 2.33. The number of hydrogen-bond acceptors (Lipinski definition) is 7. The van der Waals surface area contributed by atoms with Crippen LogP contribution in [-0.4, -0.2) is 43.7 Å². The quantitative estimate of drug-likeness (QED) is 0.410. The van der Waals surface area contributed by atoms with Gasteiger partial charge in [0, 0.05) is 12.2 Å². The molecular formula is C25H26N2O4S2. The largest absolute Gasteiger partial charge is 0.497 e. The molecule has 8 heteroatoms. The van der Waals surface area contributed by atoms with Crippen LogP contribution in [0.4, 0.5) is 0 Å². The van der Waals surface area contributed by atoms with Crippen molar-refractivity contribution in [2.24, 2.45) is 5.10 Å². The van der Waals surface area contributed by atoms with E-state index in [0.29, 0.717) is 23.7 Å². The van der Waals surface area contributed by atoms with Crippen molar-refractivity contribution in [2.45, 2.75) is 18.2 Å². The molecule has 2 aromatic carbocycles. The third-order valence-corrected chi connectivity index (χ3v) is 7.30. The van der Waals surface area contributed by atoms with E-state index in [-0.39, 0.29) is 11.9 Å². The standard InChI is InChI=1S/C25H26N2O4S2/c1-29-19-7-4-6-17(12-19)15-32-16-25(28)27-21(14-20(26-27)24-8-5-11-33-24)18-9-10-22(30-2)23(13-18)31-3/h4-13,21H,14-16H2,1-3H3. The maximum atomic E-state index is 13.3. The molecule has 1 aliphatic rings. The summed E-state index contributed by atoms with van der Waals surface area (Å²) >= 11 is 3.21. The Morgan fingerprint density at radius 2 is 1.91 bits per heavy atom. The molecule has 1 amide bonds. The number of carbonyl (C=O) groups is 1. The van der Waals surface area contributed by atoms with Crippen molar-refractivity contribution in [2.75, 3.05) is 27.1 Å². The van der Waals surface area contributed by atoms with E-state index in [4.69, 9.17) is 19.3 Å². The van der Waals surface area contributed by atoms with Gasteiger partial charge in [-0.15, -0.1) is 23.1 Å². The van der Waals surface area contributed by atoms with Crippen LogP contribution in [0.15, 0.2) is 65.1 Å². The number of hydrazone groups is 1. The number of carbonyl (C=O) groups excluding carboxylic acids is 1. The molecule has 0 bridgehead atoms. The lowest BCUT2D eigenvalue weighted by Gasteiger charge is -2.23. The number of ether oxygens (including phenoxy) is 3. The van der Waals surface area contributed by atoms with Gasteiger partial charge in [-0.25, -0.2) is 5.01 Å². The van der Waals surface area contributed by atoms with Crippen LogP contribution in [0.1, 0.15) is 28.5 Å². The highest BCUT2D eigenvalue weighted by Crippen LogP contribution is 2.38. The molecule has 1 atom stereocenters. The molecule has 33 heavy (non-hydrogen) atoms. The number of methoxy groups -OCH3 is 3. The zero-order valence-corrected chi connectivity index (χ0v) is 20.4. The summed E-state index contributed by atoms with van der Waals surface area (Å²) in [6, 6.07) is 17.5. The van der Waals surface area contributed by atoms with Crippen molar-refractivity contribution >= 4 is 34.7 Å². The number of hydrogen-bond donors (Lipinski definition) is 0. The Morgan fingerprint density at radius 3 is 2.64 bits per heavy atom. The molecule has 172 valence electrons. The molecule has 0 aliphatic carbocycles. The molecule has 0 saturated carbocycles. The Balaban J connectivity index is 1.52. The second-order valence-corrected chi connectivity index (χ2v) is 9.37. The smallest absolute Gasteiger partial charge is 0.253 e. The SMILES string of the molecule is COc1cccc(CSCC(=O)N2N=C(c3cccs3)CC2c2ccc(OC)c(OC)c2)c1. The summed E-state index contributed by atoms with van der Waals surface area (Å²) in [6.45, 7) is 0. The number of thioether (sulfide) groups is 1. The second kappa shape index (κ2) is 10.8. The minimum absolute atomic E-state index is 0.0192. The number of amides is 1. The van der Waals surface area contributed by atoms with Gasteiger partial charge in [-0.3, -0.25) is 4.79 Å². The van der Waals surface area contributed by atoms with Crippen LogP contribution < -0.4 is 14.2 Å². The van der Waals surface area contributed by atoms with Gasteiger partial charge in [0.2, 0.25) is 0 Å². The third kappa shape index (κ3) is 5.34. The van der Waals surface area contributed by atoms with Crippen LogP contribution in [0.25, 0.3) is 0 Å². The molecule has 0 N–H and O–H groups in total. The predicted molar refractivity (Wildman–Crippen MR) is 134 cm³/mol. The highest BCUT2D eigenvalue weighted by molar-refractivity contribution is 7.99. The van der Waals surface area contributed by atoms with Crippen LogP contribution in [0.3, 0.4) is 0 Å². The van der Waals surface area contributed by atoms with Gasteiger partial charge < -0.3 is 14.2 Å². The summed E-state index contributed by atoms with van der Waals surface area (Å²) in [7, 11) is 4.88. The van der Waals surface area contributed by atoms with Crippen LogP contribution in [0.2, 0.25) is 0 Å². The third-order valence-electron chi connectivity index (χ3n) is 5.39. The summed E-state index contributed by atoms with van der Waals surface area (Å²) in [5, 5.41) is 8.40. The molecule has 3 aromatic rings. The molecular weight excluding hydrogens is 456 g/mol. The molecule has 1 aliphatic heterocycles. The van der Waals surface area contributed by atoms with E-state index in [1.807, 2.05) is 60.0 Å². The number of nitrogens with zero attached hydrogens (tertiary/aromatic N) is 2. The number of benzene rings is 2. The highest BCUT2D eigenvalue weighted by atomic mass is 32.2. The molecule has 6 nitrogen and oxygen atoms in total. The molecule has 0 fully saturated rings. The van der Waals surface area contributed by atoms with Gasteiger partial charge in [0.15, 0.2) is 11.5 Å². The molecule has 0 radical (unpaired) electrons. The van der Waals surface area contributed by atoms with Gasteiger partial charge in [-0.1, -0.05) is 24.3 Å². The Kier molecular flexibility index (Phi) is 7.57. The summed E-state index contributed by atoms with van der Waals surface area (Å²) in [6.07, 6.45) is 0.655. The lowest BCUT2D eigenvalue weighted by molar-refractivity contribution is -0.130. The Morgan fingerprint density at radius 1 is 1.06 bits per heavy atom. The van der Waals surface area contributed by atoms with E-state index in [1.165, 1.54) is 0 Å². The van der Waals surface area contributed by atoms with Crippen molar-refractivity contribution < 1.29 is 19.0 Å². The van der Waals surface area contributed by atoms with E-state index in [1.54, 1.807) is 49.4 Å². The fourth-order valence-corrected chi connectivity index (χ4v) is 5.28. The maximum Gasteiger partial charge on any atom is 0.253 e. The van der Waals surface area contributed by atoms with Gasteiger partial charge in [0.25, 0.3) is 5.91 Å². The number of rotatable bonds is 9. The monoisotopic (exact) mass is 482 g/mol. The van der Waals surface area contributed by atoms with Crippen LogP contribution in [0, 0.1) is 0 Å². The van der Waals surface area contributed by atoms with Crippen molar-refractivity contribution in [3.8, 4) is 17.2 Å². The van der Waals surface area contributed by atoms with Gasteiger partial charge in [-0.2, -0.15) is 5.10 Å². The van der Waals surface area contributed by atoms with Gasteiger partial charge in [0.1, 0.15) is 5.75 Å². The normalized spacial score (nSPS) is 15.3. The van der Waals surface area contributed by atoms with Crippen molar-refractivity contribution in [3.05, 3.63) is 76.0 Å². The van der Waals surface area contributed by atoms with E-state index in [9.17, 15) is 4.79 Å². The average molecular weight is 483 g/mol. The minimum atomic E-state index is -0.188. The fraction of sp³-hybridized carbons (Fsp3) is 0.280. The second-order valence-electron chi connectivity index (χ2n) is 7.44. The Bertz CT molecular complexity index is 1130.